The fourth-order valence-corrected chi connectivity index (χ4v) is 2.43. The van der Waals surface area contributed by atoms with E-state index in [0.717, 1.165) is 0 Å². The lowest BCUT2D eigenvalue weighted by molar-refractivity contribution is 0.101. The highest BCUT2D eigenvalue weighted by Gasteiger charge is 2.16. The lowest BCUT2D eigenvalue weighted by Gasteiger charge is -2.13. The molecule has 4 N–H and O–H groups in total. The normalized spacial score (nSPS) is 10.3. The third-order valence-corrected chi connectivity index (χ3v) is 3.07. The smallest absolute Gasteiger partial charge is 0.293 e. The highest BCUT2D eigenvalue weighted by Crippen LogP contribution is 2.36. The summed E-state index contributed by atoms with van der Waals surface area (Å²) in [6.45, 7) is 2.28. The van der Waals surface area contributed by atoms with Crippen molar-refractivity contribution in [1.29, 1.82) is 0 Å². The highest BCUT2D eigenvalue weighted by atomic mass is 79.9. The Morgan fingerprint density at radius 3 is 2.95 bits per heavy atom. The number of nitrogens with zero attached hydrogens (tertiary/aromatic N) is 2. The third-order valence-electron chi connectivity index (χ3n) is 2.26. The van der Waals surface area contributed by atoms with Gasteiger partial charge in [0.1, 0.15) is 0 Å². The number of aromatic amines is 1. The number of nitrogens with two attached hydrogens (primary N) is 1. The van der Waals surface area contributed by atoms with E-state index in [4.69, 9.17) is 22.1 Å². The number of amides is 1. The van der Waals surface area contributed by atoms with Crippen molar-refractivity contribution in [2.24, 2.45) is 0 Å². The molecule has 0 aliphatic rings. The number of halogens is 2. The van der Waals surface area contributed by atoms with Gasteiger partial charge in [0.05, 0.1) is 16.8 Å². The van der Waals surface area contributed by atoms with Crippen LogP contribution in [0.2, 0.25) is 5.02 Å². The summed E-state index contributed by atoms with van der Waals surface area (Å²) in [5.74, 6) is -0.0180. The molecular formula is C11H11BrClN5O2. The first-order valence-corrected chi connectivity index (χ1v) is 6.79. The number of nitrogens with one attached hydrogen (secondary N) is 2. The van der Waals surface area contributed by atoms with Gasteiger partial charge in [-0.25, -0.2) is 0 Å². The number of carbonyl (C=O) groups excluding carboxylic acids is 1. The molecule has 1 amide bonds. The zero-order valence-electron chi connectivity index (χ0n) is 10.4. The highest BCUT2D eigenvalue weighted by molar-refractivity contribution is 9.10. The molecule has 0 bridgehead atoms. The number of ether oxygens (including phenoxy) is 1. The molecule has 2 rings (SSSR count). The van der Waals surface area contributed by atoms with Crippen molar-refractivity contribution in [3.05, 3.63) is 27.5 Å². The molecule has 0 atom stereocenters. The second-order valence-electron chi connectivity index (χ2n) is 3.69. The molecule has 2 aromatic rings. The van der Waals surface area contributed by atoms with E-state index in [2.05, 4.69) is 36.4 Å². The second-order valence-corrected chi connectivity index (χ2v) is 4.98. The number of benzene rings is 1. The molecule has 7 nitrogen and oxygen atoms in total. The second kappa shape index (κ2) is 6.10. The molecule has 0 saturated heterocycles. The van der Waals surface area contributed by atoms with Gasteiger partial charge in [0.25, 0.3) is 5.91 Å². The topological polar surface area (TPSA) is 106 Å². The van der Waals surface area contributed by atoms with Crippen LogP contribution in [0, 0.1) is 0 Å². The molecule has 0 saturated carbocycles. The van der Waals surface area contributed by atoms with Crippen LogP contribution in [-0.4, -0.2) is 27.7 Å². The minimum Gasteiger partial charge on any atom is -0.491 e. The Labute approximate surface area is 128 Å². The van der Waals surface area contributed by atoms with E-state index >= 15 is 0 Å². The number of nitrogen functional groups attached to an aromatic ring is 1. The van der Waals surface area contributed by atoms with Crippen molar-refractivity contribution in [1.82, 2.24) is 15.2 Å². The van der Waals surface area contributed by atoms with Gasteiger partial charge in [-0.2, -0.15) is 4.98 Å². The zero-order valence-corrected chi connectivity index (χ0v) is 12.7. The maximum absolute atomic E-state index is 12.0. The van der Waals surface area contributed by atoms with E-state index in [1.165, 1.54) is 0 Å². The molecule has 20 heavy (non-hydrogen) atoms. The summed E-state index contributed by atoms with van der Waals surface area (Å²) in [5, 5.41) is 9.10. The largest absolute Gasteiger partial charge is 0.491 e. The summed E-state index contributed by atoms with van der Waals surface area (Å²) in [6.07, 6.45) is 0. The number of hydrogen-bond acceptors (Lipinski definition) is 5. The average molecular weight is 361 g/mol. The molecule has 0 radical (unpaired) electrons. The maximum atomic E-state index is 12.0. The van der Waals surface area contributed by atoms with E-state index < -0.39 is 5.91 Å². The minimum atomic E-state index is -0.496. The predicted molar refractivity (Wildman–Crippen MR) is 79.1 cm³/mol. The Kier molecular flexibility index (Phi) is 4.46. The van der Waals surface area contributed by atoms with Crippen LogP contribution in [0.15, 0.2) is 16.6 Å². The first-order valence-electron chi connectivity index (χ1n) is 5.62. The van der Waals surface area contributed by atoms with Crippen LogP contribution < -0.4 is 15.8 Å². The lowest BCUT2D eigenvalue weighted by Crippen LogP contribution is -2.15. The number of H-pyrrole nitrogens is 1. The van der Waals surface area contributed by atoms with E-state index in [0.29, 0.717) is 27.5 Å². The van der Waals surface area contributed by atoms with Gasteiger partial charge >= 0.3 is 0 Å². The van der Waals surface area contributed by atoms with Crippen molar-refractivity contribution in [2.45, 2.75) is 6.92 Å². The van der Waals surface area contributed by atoms with Gasteiger partial charge in [0.15, 0.2) is 5.75 Å². The number of aromatic nitrogens is 3. The number of anilines is 2. The number of carbonyl (C=O) groups is 1. The number of rotatable bonds is 4. The van der Waals surface area contributed by atoms with Crippen LogP contribution in [0.4, 0.5) is 11.6 Å². The van der Waals surface area contributed by atoms with E-state index in [9.17, 15) is 4.79 Å². The molecule has 0 fully saturated rings. The molecule has 1 heterocycles. The summed E-state index contributed by atoms with van der Waals surface area (Å²) in [6, 6.07) is 3.25. The Balaban J connectivity index is 2.30. The molecule has 0 aliphatic heterocycles. The SMILES string of the molecule is CCOc1c(Br)cc(Cl)cc1NC(=O)c1nc(N)n[nH]1. The average Bonchev–Trinajstić information content (AvgIpc) is 2.80. The summed E-state index contributed by atoms with van der Waals surface area (Å²) in [7, 11) is 0. The van der Waals surface area contributed by atoms with Crippen LogP contribution in [-0.2, 0) is 0 Å². The van der Waals surface area contributed by atoms with E-state index in [1.807, 2.05) is 6.92 Å². The molecular weight excluding hydrogens is 350 g/mol. The summed E-state index contributed by atoms with van der Waals surface area (Å²) < 4.78 is 6.11. The van der Waals surface area contributed by atoms with E-state index in [1.54, 1.807) is 12.1 Å². The van der Waals surface area contributed by atoms with Crippen LogP contribution >= 0.6 is 27.5 Å². The van der Waals surface area contributed by atoms with Crippen LogP contribution in [0.5, 0.6) is 5.75 Å². The maximum Gasteiger partial charge on any atom is 0.293 e. The summed E-state index contributed by atoms with van der Waals surface area (Å²) in [5.41, 5.74) is 5.77. The minimum absolute atomic E-state index is 0.000969. The fraction of sp³-hybridized carbons (Fsp3) is 0.182. The Morgan fingerprint density at radius 2 is 2.35 bits per heavy atom. The standard InChI is InChI=1S/C11H11BrClN5O2/c1-2-20-8-6(12)3-5(13)4-7(8)15-10(19)9-16-11(14)18-17-9/h3-4H,2H2,1H3,(H,15,19)(H3,14,16,17,18). The Bertz CT molecular complexity index is 646. The third kappa shape index (κ3) is 3.20. The zero-order chi connectivity index (χ0) is 14.7. The fourth-order valence-electron chi connectivity index (χ4n) is 1.50. The summed E-state index contributed by atoms with van der Waals surface area (Å²) >= 11 is 9.30. The van der Waals surface area contributed by atoms with Crippen LogP contribution in [0.3, 0.4) is 0 Å². The van der Waals surface area contributed by atoms with Gasteiger partial charge < -0.3 is 15.8 Å². The van der Waals surface area contributed by atoms with Crippen molar-refractivity contribution in [3.8, 4) is 5.75 Å². The van der Waals surface area contributed by atoms with Gasteiger partial charge in [0.2, 0.25) is 11.8 Å². The molecule has 0 aliphatic carbocycles. The molecule has 1 aromatic carbocycles. The first kappa shape index (κ1) is 14.6. The Morgan fingerprint density at radius 1 is 1.60 bits per heavy atom. The monoisotopic (exact) mass is 359 g/mol. The van der Waals surface area contributed by atoms with E-state index in [-0.39, 0.29) is 11.8 Å². The molecule has 0 spiro atoms. The van der Waals surface area contributed by atoms with Gasteiger partial charge in [-0.1, -0.05) is 11.6 Å². The van der Waals surface area contributed by atoms with Crippen molar-refractivity contribution < 1.29 is 9.53 Å². The van der Waals surface area contributed by atoms with Gasteiger partial charge in [-0.05, 0) is 35.0 Å². The van der Waals surface area contributed by atoms with Gasteiger partial charge in [-0.15, -0.1) is 5.10 Å². The van der Waals surface area contributed by atoms with Crippen LogP contribution in [0.1, 0.15) is 17.5 Å². The lowest BCUT2D eigenvalue weighted by atomic mass is 10.3. The van der Waals surface area contributed by atoms with Crippen molar-refractivity contribution in [3.63, 3.8) is 0 Å². The predicted octanol–water partition coefficient (Wildman–Crippen LogP) is 2.45. The molecule has 0 unspecified atom stereocenters. The number of hydrogen-bond donors (Lipinski definition) is 3. The first-order chi connectivity index (χ1) is 9.51. The quantitative estimate of drug-likeness (QED) is 0.776. The molecule has 1 aromatic heterocycles. The van der Waals surface area contributed by atoms with Gasteiger partial charge in [-0.3, -0.25) is 9.89 Å². The Hall–Kier alpha value is -1.80. The summed E-state index contributed by atoms with van der Waals surface area (Å²) in [4.78, 5) is 15.7. The molecule has 9 heteroatoms. The van der Waals surface area contributed by atoms with Crippen molar-refractivity contribution in [2.75, 3.05) is 17.7 Å². The van der Waals surface area contributed by atoms with Crippen molar-refractivity contribution >= 4 is 45.1 Å². The van der Waals surface area contributed by atoms with Crippen LogP contribution in [0.25, 0.3) is 0 Å². The van der Waals surface area contributed by atoms with Gasteiger partial charge in [0, 0.05) is 5.02 Å². The molecule has 106 valence electrons.